The second kappa shape index (κ2) is 15.4. The molecule has 2 aliphatic rings. The zero-order valence-corrected chi connectivity index (χ0v) is 31.7. The van der Waals surface area contributed by atoms with Crippen molar-refractivity contribution >= 4 is 44.7 Å². The molecule has 1 saturated carbocycles. The fourth-order valence-corrected chi connectivity index (χ4v) is 7.58. The van der Waals surface area contributed by atoms with Crippen molar-refractivity contribution in [1.29, 1.82) is 0 Å². The zero-order chi connectivity index (χ0) is 39.5. The van der Waals surface area contributed by atoms with Crippen molar-refractivity contribution in [2.45, 2.75) is 61.8 Å². The minimum Gasteiger partial charge on any atom is -0.497 e. The summed E-state index contributed by atoms with van der Waals surface area (Å²) in [5, 5.41) is 5.86. The highest BCUT2D eigenvalue weighted by Gasteiger charge is 2.61. The van der Waals surface area contributed by atoms with Gasteiger partial charge in [-0.05, 0) is 51.5 Å². The molecule has 2 fully saturated rings. The molecule has 1 unspecified atom stereocenters. The van der Waals surface area contributed by atoms with E-state index in [0.717, 1.165) is 5.56 Å². The molecule has 288 valence electrons. The van der Waals surface area contributed by atoms with Crippen molar-refractivity contribution in [3.8, 4) is 22.8 Å². The molecule has 0 bridgehead atoms. The molecule has 4 atom stereocenters. The van der Waals surface area contributed by atoms with Crippen LogP contribution in [0.25, 0.3) is 22.2 Å². The average Bonchev–Trinajstić information content (AvgIpc) is 3.72. The van der Waals surface area contributed by atoms with E-state index < -0.39 is 69.6 Å². The van der Waals surface area contributed by atoms with Gasteiger partial charge in [-0.15, -0.1) is 6.58 Å². The van der Waals surface area contributed by atoms with E-state index in [2.05, 4.69) is 21.9 Å². The molecule has 1 aromatic heterocycles. The van der Waals surface area contributed by atoms with Crippen LogP contribution >= 0.6 is 0 Å². The molecule has 1 aliphatic carbocycles. The third-order valence-electron chi connectivity index (χ3n) is 9.34. The van der Waals surface area contributed by atoms with Gasteiger partial charge in [-0.25, -0.2) is 22.9 Å². The number of methoxy groups -OCH3 is 1. The molecule has 1 aliphatic heterocycles. The first-order valence-electron chi connectivity index (χ1n) is 17.7. The number of benzene rings is 3. The van der Waals surface area contributed by atoms with E-state index in [9.17, 15) is 27.6 Å². The minimum absolute atomic E-state index is 0.00339. The van der Waals surface area contributed by atoms with Crippen molar-refractivity contribution in [2.75, 3.05) is 20.2 Å². The number of aromatic nitrogens is 1. The van der Waals surface area contributed by atoms with Crippen molar-refractivity contribution in [1.82, 2.24) is 25.2 Å². The number of fused-ring (bicyclic) bond motifs is 1. The van der Waals surface area contributed by atoms with E-state index in [1.54, 1.807) is 52.1 Å². The van der Waals surface area contributed by atoms with Crippen LogP contribution < -0.4 is 24.8 Å². The van der Waals surface area contributed by atoms with Crippen LogP contribution in [0, 0.1) is 5.92 Å². The molecule has 14 nitrogen and oxygen atoms in total. The van der Waals surface area contributed by atoms with Gasteiger partial charge < -0.3 is 29.7 Å². The number of carbonyl (C=O) groups is 4. The number of amides is 4. The molecule has 55 heavy (non-hydrogen) atoms. The predicted molar refractivity (Wildman–Crippen MR) is 203 cm³/mol. The lowest BCUT2D eigenvalue weighted by atomic mass is 10.1. The van der Waals surface area contributed by atoms with Gasteiger partial charge in [-0.1, -0.05) is 54.6 Å². The summed E-state index contributed by atoms with van der Waals surface area (Å²) in [5.41, 5.74) is -0.383. The first kappa shape index (κ1) is 38.8. The quantitative estimate of drug-likeness (QED) is 0.175. The number of likely N-dealkylation sites (tertiary alicyclic amines) is 1. The predicted octanol–water partition coefficient (Wildman–Crippen LogP) is 4.35. The number of alkyl carbamates (subject to hydrolysis) is 1. The Morgan fingerprint density at radius 3 is 2.33 bits per heavy atom. The molecular weight excluding hydrogens is 727 g/mol. The smallest absolute Gasteiger partial charge is 0.408 e. The van der Waals surface area contributed by atoms with Crippen LogP contribution in [0.3, 0.4) is 0 Å². The number of carbonyl (C=O) groups excluding carboxylic acids is 4. The Morgan fingerprint density at radius 2 is 1.69 bits per heavy atom. The fraction of sp³-hybridized carbons (Fsp3) is 0.325. The summed E-state index contributed by atoms with van der Waals surface area (Å²) in [6.07, 6.45) is 0.0206. The van der Waals surface area contributed by atoms with E-state index >= 15 is 0 Å². The molecule has 6 rings (SSSR count). The standard InChI is InChI=1S/C40H43N5O9S/c1-6-26-22-40(26,37(48)44-55(50,51)29-15-11-8-12-16-29)43-36(47)33-20-28(24-45(33)35(46)23-41-38(49)54-39(2,3)4)53-34-21-31(25-13-9-7-10-14-25)42-32-19-27(52-5)17-18-30(32)34/h6-19,21,26,28,33H,1,20,22-24H2,2-5H3,(H,41,49)(H,43,47)(H,44,48)/t26?,28-,33+,40-/m1/s1. The van der Waals surface area contributed by atoms with Gasteiger partial charge in [-0.2, -0.15) is 0 Å². The lowest BCUT2D eigenvalue weighted by molar-refractivity contribution is -0.139. The summed E-state index contributed by atoms with van der Waals surface area (Å²) in [6, 6.07) is 22.9. The highest BCUT2D eigenvalue weighted by molar-refractivity contribution is 7.90. The largest absolute Gasteiger partial charge is 0.497 e. The number of nitrogens with one attached hydrogen (secondary N) is 3. The maximum Gasteiger partial charge on any atom is 0.408 e. The Hall–Kier alpha value is -5.96. The normalized spacial score (nSPS) is 20.6. The van der Waals surface area contributed by atoms with E-state index in [4.69, 9.17) is 19.2 Å². The van der Waals surface area contributed by atoms with Gasteiger partial charge in [0.25, 0.3) is 15.9 Å². The Labute approximate surface area is 319 Å². The molecule has 0 spiro atoms. The van der Waals surface area contributed by atoms with Gasteiger partial charge in [0, 0.05) is 35.4 Å². The Balaban J connectivity index is 1.28. The van der Waals surface area contributed by atoms with Crippen molar-refractivity contribution in [3.63, 3.8) is 0 Å². The first-order chi connectivity index (χ1) is 26.1. The number of rotatable bonds is 12. The number of ether oxygens (including phenoxy) is 3. The Kier molecular flexibility index (Phi) is 10.9. The summed E-state index contributed by atoms with van der Waals surface area (Å²) in [7, 11) is -2.71. The van der Waals surface area contributed by atoms with E-state index in [1.807, 2.05) is 36.4 Å². The highest BCUT2D eigenvalue weighted by Crippen LogP contribution is 2.45. The third kappa shape index (κ3) is 8.72. The van der Waals surface area contributed by atoms with Gasteiger partial charge in [0.2, 0.25) is 11.8 Å². The molecule has 3 N–H and O–H groups in total. The van der Waals surface area contributed by atoms with Crippen LogP contribution in [0.15, 0.2) is 102 Å². The topological polar surface area (TPSA) is 182 Å². The molecule has 4 amide bonds. The number of nitrogens with zero attached hydrogens (tertiary/aromatic N) is 2. The summed E-state index contributed by atoms with van der Waals surface area (Å²) in [5.74, 6) is -1.78. The monoisotopic (exact) mass is 769 g/mol. The number of hydrogen-bond donors (Lipinski definition) is 3. The first-order valence-corrected chi connectivity index (χ1v) is 19.1. The van der Waals surface area contributed by atoms with Gasteiger partial charge in [-0.3, -0.25) is 14.4 Å². The summed E-state index contributed by atoms with van der Waals surface area (Å²) in [4.78, 5) is 60.0. The minimum atomic E-state index is -4.27. The van der Waals surface area contributed by atoms with Crippen LogP contribution in [0.4, 0.5) is 4.79 Å². The van der Waals surface area contributed by atoms with Crippen molar-refractivity contribution in [2.24, 2.45) is 5.92 Å². The molecule has 1 saturated heterocycles. The summed E-state index contributed by atoms with van der Waals surface area (Å²) >= 11 is 0. The highest BCUT2D eigenvalue weighted by atomic mass is 32.2. The molecule has 4 aromatic rings. The van der Waals surface area contributed by atoms with E-state index in [0.29, 0.717) is 28.1 Å². The van der Waals surface area contributed by atoms with Crippen LogP contribution in [0.2, 0.25) is 0 Å². The van der Waals surface area contributed by atoms with E-state index in [1.165, 1.54) is 35.2 Å². The summed E-state index contributed by atoms with van der Waals surface area (Å²) < 4.78 is 45.5. The zero-order valence-electron chi connectivity index (χ0n) is 30.9. The van der Waals surface area contributed by atoms with Crippen LogP contribution in [-0.4, -0.2) is 85.6 Å². The van der Waals surface area contributed by atoms with Crippen LogP contribution in [-0.2, 0) is 29.1 Å². The molecule has 3 aromatic carbocycles. The third-order valence-corrected chi connectivity index (χ3v) is 10.7. The maximum absolute atomic E-state index is 14.2. The number of sulfonamides is 1. The van der Waals surface area contributed by atoms with Crippen LogP contribution in [0.1, 0.15) is 33.6 Å². The second-order valence-corrected chi connectivity index (χ2v) is 16.1. The van der Waals surface area contributed by atoms with Gasteiger partial charge in [0.05, 0.1) is 29.8 Å². The molecular formula is C40H43N5O9S. The Morgan fingerprint density at radius 1 is 1.00 bits per heavy atom. The number of pyridine rings is 1. The molecule has 15 heteroatoms. The van der Waals surface area contributed by atoms with Crippen LogP contribution in [0.5, 0.6) is 11.5 Å². The molecule has 0 radical (unpaired) electrons. The maximum atomic E-state index is 14.2. The van der Waals surface area contributed by atoms with Gasteiger partial charge in [0.15, 0.2) is 0 Å². The fourth-order valence-electron chi connectivity index (χ4n) is 6.52. The van der Waals surface area contributed by atoms with Gasteiger partial charge >= 0.3 is 6.09 Å². The average molecular weight is 770 g/mol. The van der Waals surface area contributed by atoms with Gasteiger partial charge in [0.1, 0.15) is 41.3 Å². The van der Waals surface area contributed by atoms with E-state index in [-0.39, 0.29) is 24.3 Å². The lowest BCUT2D eigenvalue weighted by Gasteiger charge is -2.27. The van der Waals surface area contributed by atoms with Crippen molar-refractivity contribution < 1.29 is 41.8 Å². The van der Waals surface area contributed by atoms with Crippen molar-refractivity contribution in [3.05, 3.63) is 97.6 Å². The second-order valence-electron chi connectivity index (χ2n) is 14.4. The SMILES string of the molecule is C=CC1C[C@]1(NC(=O)[C@@H]1C[C@@H](Oc2cc(-c3ccccc3)nc3cc(OC)ccc23)CN1C(=O)CNC(=O)OC(C)(C)C)C(=O)NS(=O)(=O)c1ccccc1. The molecule has 2 heterocycles. The number of hydrogen-bond acceptors (Lipinski definition) is 10. The Bertz CT molecular complexity index is 2230. The lowest BCUT2D eigenvalue weighted by Crippen LogP contribution is -2.57. The summed E-state index contributed by atoms with van der Waals surface area (Å²) in [6.45, 7) is 8.27.